The fourth-order valence-electron chi connectivity index (χ4n) is 2.90. The lowest BCUT2D eigenvalue weighted by atomic mass is 10.1. The van der Waals surface area contributed by atoms with Gasteiger partial charge in [0.25, 0.3) is 0 Å². The van der Waals surface area contributed by atoms with E-state index in [4.69, 9.17) is 0 Å². The normalized spacial score (nSPS) is 14.8. The molecule has 1 aromatic rings. The number of ether oxygens (including phenoxy) is 1. The van der Waals surface area contributed by atoms with Crippen LogP contribution in [0.15, 0.2) is 24.3 Å². The van der Waals surface area contributed by atoms with Crippen LogP contribution in [-0.4, -0.2) is 69.1 Å². The van der Waals surface area contributed by atoms with E-state index in [0.717, 1.165) is 19.6 Å². The minimum Gasteiger partial charge on any atom is -0.469 e. The maximum absolute atomic E-state index is 12.1. The maximum atomic E-state index is 12.1. The van der Waals surface area contributed by atoms with Crippen LogP contribution in [-0.2, 0) is 20.9 Å². The van der Waals surface area contributed by atoms with Crippen LogP contribution in [0.2, 0.25) is 0 Å². The second-order valence-electron chi connectivity index (χ2n) is 6.35. The number of esters is 1. The van der Waals surface area contributed by atoms with E-state index >= 15 is 0 Å². The highest BCUT2D eigenvalue weighted by molar-refractivity contribution is 5.81. The van der Waals surface area contributed by atoms with Crippen LogP contribution in [0.3, 0.4) is 0 Å². The van der Waals surface area contributed by atoms with Crippen molar-refractivity contribution in [1.82, 2.24) is 9.80 Å². The molecular weight excluding hydrogens is 306 g/mol. The topological polar surface area (TPSA) is 53.1 Å². The van der Waals surface area contributed by atoms with Crippen molar-refractivity contribution in [3.8, 4) is 0 Å². The van der Waals surface area contributed by atoms with Crippen molar-refractivity contribution >= 4 is 17.6 Å². The van der Waals surface area contributed by atoms with Crippen LogP contribution in [0.5, 0.6) is 0 Å². The van der Waals surface area contributed by atoms with Crippen LogP contribution in [0.4, 0.5) is 5.69 Å². The Morgan fingerprint density at radius 3 is 2.46 bits per heavy atom. The number of hydrogen-bond donors (Lipinski definition) is 0. The minimum atomic E-state index is -0.334. The summed E-state index contributed by atoms with van der Waals surface area (Å²) in [6.07, 6.45) is 0.382. The summed E-state index contributed by atoms with van der Waals surface area (Å²) >= 11 is 0. The highest BCUT2D eigenvalue weighted by Gasteiger charge is 2.21. The first kappa shape index (κ1) is 18.3. The Morgan fingerprint density at radius 1 is 1.12 bits per heavy atom. The predicted molar refractivity (Wildman–Crippen MR) is 93.9 cm³/mol. The van der Waals surface area contributed by atoms with E-state index in [1.807, 2.05) is 4.90 Å². The van der Waals surface area contributed by atoms with Gasteiger partial charge < -0.3 is 19.4 Å². The molecule has 0 N–H and O–H groups in total. The number of carbonyl (C=O) groups is 2. The van der Waals surface area contributed by atoms with Gasteiger partial charge in [0.15, 0.2) is 0 Å². The smallest absolute Gasteiger partial charge is 0.306 e. The Balaban J connectivity index is 1.86. The number of amides is 1. The second kappa shape index (κ2) is 8.68. The number of piperazine rings is 1. The molecule has 1 fully saturated rings. The van der Waals surface area contributed by atoms with Gasteiger partial charge in [-0.15, -0.1) is 0 Å². The predicted octanol–water partition coefficient (Wildman–Crippen LogP) is 1.35. The molecule has 0 saturated carbocycles. The lowest BCUT2D eigenvalue weighted by molar-refractivity contribution is -0.143. The fourth-order valence-corrected chi connectivity index (χ4v) is 2.90. The number of carbonyl (C=O) groups excluding carboxylic acids is 2. The minimum absolute atomic E-state index is 0.0291. The zero-order valence-corrected chi connectivity index (χ0v) is 14.8. The van der Waals surface area contributed by atoms with Crippen molar-refractivity contribution in [2.24, 2.45) is 0 Å². The molecule has 24 heavy (non-hydrogen) atoms. The van der Waals surface area contributed by atoms with Gasteiger partial charge in [0.05, 0.1) is 13.5 Å². The zero-order valence-electron chi connectivity index (χ0n) is 14.8. The first-order valence-corrected chi connectivity index (χ1v) is 8.33. The Bertz CT molecular complexity index is 566. The monoisotopic (exact) mass is 333 g/mol. The molecule has 1 amide bonds. The van der Waals surface area contributed by atoms with Gasteiger partial charge in [-0.25, -0.2) is 0 Å². The van der Waals surface area contributed by atoms with Crippen LogP contribution < -0.4 is 4.90 Å². The lowest BCUT2D eigenvalue weighted by Crippen LogP contribution is -2.48. The summed E-state index contributed by atoms with van der Waals surface area (Å²) < 4.78 is 4.58. The molecule has 1 aliphatic heterocycles. The van der Waals surface area contributed by atoms with Crippen LogP contribution >= 0.6 is 0 Å². The van der Waals surface area contributed by atoms with Crippen molar-refractivity contribution in [2.75, 3.05) is 52.3 Å². The molecule has 6 nitrogen and oxygen atoms in total. The first-order valence-electron chi connectivity index (χ1n) is 8.33. The van der Waals surface area contributed by atoms with Crippen molar-refractivity contribution in [3.63, 3.8) is 0 Å². The summed E-state index contributed by atoms with van der Waals surface area (Å²) in [7, 11) is 5.47. The number of anilines is 1. The maximum Gasteiger partial charge on any atom is 0.306 e. The Hall–Kier alpha value is -2.08. The Morgan fingerprint density at radius 2 is 1.83 bits per heavy atom. The molecule has 0 radical (unpaired) electrons. The summed E-state index contributed by atoms with van der Waals surface area (Å²) in [6, 6.07) is 8.56. The van der Waals surface area contributed by atoms with Gasteiger partial charge in [-0.05, 0) is 31.8 Å². The van der Waals surface area contributed by atoms with Crippen molar-refractivity contribution < 1.29 is 14.3 Å². The molecule has 0 bridgehead atoms. The lowest BCUT2D eigenvalue weighted by Gasteiger charge is -2.36. The van der Waals surface area contributed by atoms with E-state index in [-0.39, 0.29) is 24.7 Å². The Kier molecular flexibility index (Phi) is 6.61. The molecule has 1 heterocycles. The Labute approximate surface area is 144 Å². The first-order chi connectivity index (χ1) is 11.5. The SMILES string of the molecule is COC(=O)CCC(=O)N1CCN(c2cccc(CN(C)C)c2)CC1. The number of rotatable bonds is 6. The third kappa shape index (κ3) is 5.23. The molecule has 6 heteroatoms. The number of nitrogens with zero attached hydrogens (tertiary/aromatic N) is 3. The molecule has 2 rings (SSSR count). The van der Waals surface area contributed by atoms with Gasteiger partial charge in [-0.2, -0.15) is 0 Å². The van der Waals surface area contributed by atoms with E-state index in [0.29, 0.717) is 13.1 Å². The fraction of sp³-hybridized carbons (Fsp3) is 0.556. The highest BCUT2D eigenvalue weighted by Crippen LogP contribution is 2.19. The molecule has 1 aromatic carbocycles. The molecule has 0 spiro atoms. The summed E-state index contributed by atoms with van der Waals surface area (Å²) in [6.45, 7) is 3.93. The van der Waals surface area contributed by atoms with E-state index in [9.17, 15) is 9.59 Å². The summed E-state index contributed by atoms with van der Waals surface area (Å²) in [5, 5.41) is 0. The van der Waals surface area contributed by atoms with Crippen LogP contribution in [0.1, 0.15) is 18.4 Å². The van der Waals surface area contributed by atoms with Crippen molar-refractivity contribution in [2.45, 2.75) is 19.4 Å². The zero-order chi connectivity index (χ0) is 17.5. The number of methoxy groups -OCH3 is 1. The summed E-state index contributed by atoms with van der Waals surface area (Å²) in [4.78, 5) is 29.6. The summed E-state index contributed by atoms with van der Waals surface area (Å²) in [5.41, 5.74) is 2.49. The average Bonchev–Trinajstić information content (AvgIpc) is 2.59. The van der Waals surface area contributed by atoms with Gasteiger partial charge in [-0.3, -0.25) is 9.59 Å². The number of benzene rings is 1. The summed E-state index contributed by atoms with van der Waals surface area (Å²) in [5.74, 6) is -0.305. The second-order valence-corrected chi connectivity index (χ2v) is 6.35. The van der Waals surface area contributed by atoms with Gasteiger partial charge in [0.2, 0.25) is 5.91 Å². The number of hydrogen-bond acceptors (Lipinski definition) is 5. The molecular formula is C18H27N3O3. The quantitative estimate of drug-likeness (QED) is 0.736. The highest BCUT2D eigenvalue weighted by atomic mass is 16.5. The molecule has 1 aliphatic rings. The van der Waals surface area contributed by atoms with Gasteiger partial charge in [0.1, 0.15) is 0 Å². The van der Waals surface area contributed by atoms with E-state index in [1.165, 1.54) is 18.4 Å². The third-order valence-electron chi connectivity index (χ3n) is 4.18. The molecule has 132 valence electrons. The van der Waals surface area contributed by atoms with E-state index in [1.54, 1.807) is 0 Å². The van der Waals surface area contributed by atoms with E-state index < -0.39 is 0 Å². The third-order valence-corrected chi connectivity index (χ3v) is 4.18. The van der Waals surface area contributed by atoms with Gasteiger partial charge in [0, 0.05) is 44.8 Å². The molecule has 0 aliphatic carbocycles. The molecule has 1 saturated heterocycles. The molecule has 0 aromatic heterocycles. The van der Waals surface area contributed by atoms with Crippen LogP contribution in [0, 0.1) is 0 Å². The van der Waals surface area contributed by atoms with Crippen molar-refractivity contribution in [1.29, 1.82) is 0 Å². The largest absolute Gasteiger partial charge is 0.469 e. The van der Waals surface area contributed by atoms with Gasteiger partial charge >= 0.3 is 5.97 Å². The average molecular weight is 333 g/mol. The van der Waals surface area contributed by atoms with E-state index in [2.05, 4.69) is 52.9 Å². The molecule has 0 unspecified atom stereocenters. The standard InChI is InChI=1S/C18H27N3O3/c1-19(2)14-15-5-4-6-16(13-15)20-9-11-21(12-10-20)17(22)7-8-18(23)24-3/h4-6,13H,7-12,14H2,1-3H3. The van der Waals surface area contributed by atoms with Gasteiger partial charge in [-0.1, -0.05) is 12.1 Å². The van der Waals surface area contributed by atoms with Crippen LogP contribution in [0.25, 0.3) is 0 Å². The molecule has 0 atom stereocenters. The van der Waals surface area contributed by atoms with Crippen molar-refractivity contribution in [3.05, 3.63) is 29.8 Å².